The maximum absolute atomic E-state index is 16.3. The Kier molecular flexibility index (Phi) is 13.2. The van der Waals surface area contributed by atoms with Crippen molar-refractivity contribution in [2.45, 2.75) is 88.4 Å². The Morgan fingerprint density at radius 3 is 2.37 bits per heavy atom. The number of unbranched alkanes of at least 4 members (excludes halogenated alkanes) is 6. The smallest absolute Gasteiger partial charge is 0.303 e. The lowest BCUT2D eigenvalue weighted by Gasteiger charge is -2.25. The average molecular weight is 770 g/mol. The van der Waals surface area contributed by atoms with Crippen LogP contribution < -0.4 is 16.4 Å². The molecule has 5 rings (SSSR count). The molecule has 0 unspecified atom stereocenters. The number of thiophene rings is 1. The number of carbonyl (C=O) groups is 4. The number of ether oxygens (including phenoxy) is 1. The number of alkyl halides is 3. The number of carboxylic acids is 1. The van der Waals surface area contributed by atoms with Gasteiger partial charge in [-0.1, -0.05) is 62.4 Å². The third-order valence-corrected chi connectivity index (χ3v) is 11.0. The van der Waals surface area contributed by atoms with Gasteiger partial charge in [-0.15, -0.1) is 11.3 Å². The van der Waals surface area contributed by atoms with E-state index >= 15 is 13.2 Å². The van der Waals surface area contributed by atoms with Gasteiger partial charge in [0.15, 0.2) is 5.67 Å². The van der Waals surface area contributed by atoms with Crippen molar-refractivity contribution in [3.05, 3.63) is 81.0 Å². The lowest BCUT2D eigenvalue weighted by atomic mass is 10.0. The molecule has 3 aromatic rings. The van der Waals surface area contributed by atoms with E-state index in [0.717, 1.165) is 37.0 Å². The summed E-state index contributed by atoms with van der Waals surface area (Å²) in [7, 11) is 0. The molecule has 0 spiro atoms. The molecule has 2 heterocycles. The summed E-state index contributed by atoms with van der Waals surface area (Å²) in [4.78, 5) is 52.8. The second-order valence-electron chi connectivity index (χ2n) is 14.0. The highest BCUT2D eigenvalue weighted by atomic mass is 32.1. The van der Waals surface area contributed by atoms with Crippen LogP contribution >= 0.6 is 11.3 Å². The second kappa shape index (κ2) is 17.6. The van der Waals surface area contributed by atoms with Crippen molar-refractivity contribution in [3.8, 4) is 11.1 Å². The summed E-state index contributed by atoms with van der Waals surface area (Å²) < 4.78 is 52.1. The van der Waals surface area contributed by atoms with Crippen LogP contribution in [-0.2, 0) is 25.0 Å². The Morgan fingerprint density at radius 1 is 0.981 bits per heavy atom. The third-order valence-electron chi connectivity index (χ3n) is 9.84. The first-order chi connectivity index (χ1) is 25.7. The van der Waals surface area contributed by atoms with Crippen molar-refractivity contribution in [1.82, 2.24) is 15.5 Å². The van der Waals surface area contributed by atoms with E-state index in [1.54, 1.807) is 30.5 Å². The van der Waals surface area contributed by atoms with E-state index in [-0.39, 0.29) is 54.1 Å². The number of hydrogen-bond donors (Lipinski definition) is 5. The van der Waals surface area contributed by atoms with Crippen LogP contribution in [0.25, 0.3) is 11.1 Å². The fourth-order valence-corrected chi connectivity index (χ4v) is 7.85. The zero-order valence-electron chi connectivity index (χ0n) is 30.1. The molecule has 6 N–H and O–H groups in total. The van der Waals surface area contributed by atoms with Gasteiger partial charge in [-0.2, -0.15) is 8.78 Å². The minimum Gasteiger partial charge on any atom is -0.481 e. The van der Waals surface area contributed by atoms with Crippen LogP contribution in [0.1, 0.15) is 103 Å². The zero-order chi connectivity index (χ0) is 39.0. The van der Waals surface area contributed by atoms with E-state index in [1.807, 2.05) is 0 Å². The number of amides is 3. The topological polar surface area (TPSA) is 175 Å². The van der Waals surface area contributed by atoms with Crippen molar-refractivity contribution in [1.29, 1.82) is 5.41 Å². The van der Waals surface area contributed by atoms with Gasteiger partial charge in [0.2, 0.25) is 11.8 Å². The van der Waals surface area contributed by atoms with Crippen LogP contribution in [0.3, 0.4) is 0 Å². The molecule has 1 aliphatic heterocycles. The summed E-state index contributed by atoms with van der Waals surface area (Å²) >= 11 is 1.29. The summed E-state index contributed by atoms with van der Waals surface area (Å²) in [5.41, 5.74) is 4.26. The Bertz CT molecular complexity index is 1870. The lowest BCUT2D eigenvalue weighted by molar-refractivity contribution is -0.138. The molecular formula is C39H46F3N5O6S. The molecular weight excluding hydrogens is 724 g/mol. The largest absolute Gasteiger partial charge is 0.481 e. The van der Waals surface area contributed by atoms with Gasteiger partial charge in [0.1, 0.15) is 11.9 Å². The quantitative estimate of drug-likeness (QED) is 0.0541. The van der Waals surface area contributed by atoms with Gasteiger partial charge in [0.25, 0.3) is 11.8 Å². The maximum Gasteiger partial charge on any atom is 0.303 e. The van der Waals surface area contributed by atoms with Gasteiger partial charge in [0.05, 0.1) is 25.7 Å². The summed E-state index contributed by atoms with van der Waals surface area (Å²) in [6.45, 7) is 0.662. The summed E-state index contributed by atoms with van der Waals surface area (Å²) in [5, 5.41) is 23.4. The Morgan fingerprint density at radius 2 is 1.67 bits per heavy atom. The van der Waals surface area contributed by atoms with Crippen LogP contribution in [0.2, 0.25) is 0 Å². The molecule has 1 saturated heterocycles. The van der Waals surface area contributed by atoms with Crippen LogP contribution in [0.15, 0.2) is 53.9 Å². The molecule has 0 bridgehead atoms. The lowest BCUT2D eigenvalue weighted by Crippen LogP contribution is -2.49. The minimum absolute atomic E-state index is 0.0610. The molecule has 2 aromatic carbocycles. The molecule has 0 saturated carbocycles. The van der Waals surface area contributed by atoms with Crippen molar-refractivity contribution in [2.24, 2.45) is 5.73 Å². The number of aliphatic carboxylic acids is 1. The molecule has 3 amide bonds. The number of hydrogen-bond acceptors (Lipinski definition) is 7. The number of nitrogens with two attached hydrogens (primary N) is 1. The SMILES string of the molecule is C[C@@H](NC(=O)[C@@H]1C[C@](F)(COCCCCCCCCCC(=O)O)CN1C(=O)CNC(=O)c1ccc2c(c1)-c1ccccc1C2(F)F)c1cc(C(=N)N)cs1. The summed E-state index contributed by atoms with van der Waals surface area (Å²) in [6.07, 6.45) is 5.76. The first-order valence-electron chi connectivity index (χ1n) is 18.1. The fraction of sp³-hybridized carbons (Fsp3) is 0.462. The second-order valence-corrected chi connectivity index (χ2v) is 15.0. The Labute approximate surface area is 316 Å². The van der Waals surface area contributed by atoms with E-state index in [1.165, 1.54) is 41.7 Å². The highest BCUT2D eigenvalue weighted by Gasteiger charge is 2.50. The van der Waals surface area contributed by atoms with Gasteiger partial charge in [0, 0.05) is 52.0 Å². The minimum atomic E-state index is -3.22. The fourth-order valence-electron chi connectivity index (χ4n) is 6.94. The van der Waals surface area contributed by atoms with Gasteiger partial charge < -0.3 is 31.1 Å². The molecule has 1 aliphatic carbocycles. The van der Waals surface area contributed by atoms with Gasteiger partial charge in [-0.25, -0.2) is 4.39 Å². The third kappa shape index (κ3) is 9.66. The molecule has 54 heavy (non-hydrogen) atoms. The van der Waals surface area contributed by atoms with Crippen molar-refractivity contribution < 1.29 is 42.2 Å². The molecule has 0 radical (unpaired) electrons. The van der Waals surface area contributed by atoms with Gasteiger partial charge >= 0.3 is 5.97 Å². The summed E-state index contributed by atoms with van der Waals surface area (Å²) in [6, 6.07) is 9.81. The maximum atomic E-state index is 16.3. The first kappa shape index (κ1) is 40.4. The van der Waals surface area contributed by atoms with Crippen molar-refractivity contribution in [3.63, 3.8) is 0 Å². The van der Waals surface area contributed by atoms with E-state index < -0.39 is 60.5 Å². The predicted octanol–water partition coefficient (Wildman–Crippen LogP) is 6.29. The highest BCUT2D eigenvalue weighted by molar-refractivity contribution is 7.10. The normalized spacial score (nSPS) is 18.8. The molecule has 2 aliphatic rings. The first-order valence-corrected chi connectivity index (χ1v) is 19.0. The molecule has 3 atom stereocenters. The number of nitrogens with one attached hydrogen (secondary N) is 3. The molecule has 290 valence electrons. The number of benzene rings is 2. The average Bonchev–Trinajstić information content (AvgIpc) is 3.83. The number of fused-ring (bicyclic) bond motifs is 3. The van der Waals surface area contributed by atoms with Gasteiger partial charge in [-0.05, 0) is 49.1 Å². The highest BCUT2D eigenvalue weighted by Crippen LogP contribution is 2.51. The number of carboxylic acid groups (broad SMARTS) is 1. The zero-order valence-corrected chi connectivity index (χ0v) is 30.9. The van der Waals surface area contributed by atoms with E-state index in [4.69, 9.17) is 21.0 Å². The van der Waals surface area contributed by atoms with E-state index in [9.17, 15) is 19.2 Å². The number of carbonyl (C=O) groups excluding carboxylic acids is 3. The van der Waals surface area contributed by atoms with Crippen molar-refractivity contribution in [2.75, 3.05) is 26.3 Å². The number of likely N-dealkylation sites (tertiary alicyclic amines) is 1. The van der Waals surface area contributed by atoms with Crippen LogP contribution in [-0.4, -0.2) is 77.5 Å². The van der Waals surface area contributed by atoms with E-state index in [0.29, 0.717) is 28.8 Å². The van der Waals surface area contributed by atoms with E-state index in [2.05, 4.69) is 10.6 Å². The molecule has 15 heteroatoms. The number of halogens is 3. The molecule has 1 fully saturated rings. The van der Waals surface area contributed by atoms with Crippen LogP contribution in [0, 0.1) is 5.41 Å². The summed E-state index contributed by atoms with van der Waals surface area (Å²) in [5.74, 6) is -6.12. The number of nitrogen functional groups attached to an aromatic ring is 1. The Balaban J connectivity index is 1.19. The van der Waals surface area contributed by atoms with Crippen molar-refractivity contribution >= 4 is 40.9 Å². The molecule has 11 nitrogen and oxygen atoms in total. The number of amidine groups is 1. The predicted molar refractivity (Wildman–Crippen MR) is 198 cm³/mol. The monoisotopic (exact) mass is 769 g/mol. The van der Waals surface area contributed by atoms with Crippen LogP contribution in [0.5, 0.6) is 0 Å². The molecule has 1 aromatic heterocycles. The number of rotatable bonds is 19. The number of nitrogens with zero attached hydrogens (tertiary/aromatic N) is 1. The van der Waals surface area contributed by atoms with Crippen LogP contribution in [0.4, 0.5) is 13.2 Å². The van der Waals surface area contributed by atoms with Gasteiger partial charge in [-0.3, -0.25) is 24.6 Å². The Hall–Kier alpha value is -4.76. The standard InChI is InChI=1S/C39H46F3N5O6S/c1-24(32-18-26(21-54-32)35(43)44)46-37(52)31-19-38(40,23-53-16-10-6-4-2-3-5-7-13-34(49)50)22-47(31)33(48)20-45-36(51)25-14-15-30-28(17-25)27-11-8-9-12-29(27)39(30,41)42/h8-9,11-12,14-15,17-18,21,24,31H,2-7,10,13,16,19-20,22-23H2,1H3,(H3,43,44)(H,45,51)(H,46,52)(H,49,50)/t24-,31+,38-/m1/s1.